The molecule has 1 aromatic heterocycles. The summed E-state index contributed by atoms with van der Waals surface area (Å²) in [6.07, 6.45) is -2.64. The highest BCUT2D eigenvalue weighted by Gasteiger charge is 2.34. The number of hydrogen-bond donors (Lipinski definition) is 1. The summed E-state index contributed by atoms with van der Waals surface area (Å²) in [5, 5.41) is 8.91. The molecule has 0 atom stereocenters. The van der Waals surface area contributed by atoms with Crippen LogP contribution in [0.3, 0.4) is 0 Å². The number of halogens is 4. The lowest BCUT2D eigenvalue weighted by atomic mass is 9.95. The van der Waals surface area contributed by atoms with Crippen molar-refractivity contribution in [2.24, 2.45) is 0 Å². The van der Waals surface area contributed by atoms with Crippen molar-refractivity contribution in [3.63, 3.8) is 0 Å². The van der Waals surface area contributed by atoms with E-state index in [0.717, 1.165) is 6.07 Å². The number of pyridine rings is 1. The first-order valence-electron chi connectivity index (χ1n) is 5.81. The van der Waals surface area contributed by atoms with Crippen LogP contribution in [0, 0.1) is 0 Å². The van der Waals surface area contributed by atoms with Crippen LogP contribution in [0.2, 0.25) is 5.02 Å². The summed E-state index contributed by atoms with van der Waals surface area (Å²) in [5.74, 6) is -1.19. The Morgan fingerprint density at radius 2 is 1.86 bits per heavy atom. The Bertz CT molecular complexity index is 686. The second-order valence-electron chi connectivity index (χ2n) is 4.26. The first-order chi connectivity index (χ1) is 9.80. The molecule has 0 saturated heterocycles. The average Bonchev–Trinajstić information content (AvgIpc) is 2.40. The molecule has 0 bridgehead atoms. The highest BCUT2D eigenvalue weighted by Crippen LogP contribution is 2.39. The van der Waals surface area contributed by atoms with Crippen LogP contribution in [0.4, 0.5) is 13.2 Å². The van der Waals surface area contributed by atoms with Gasteiger partial charge in [0.05, 0.1) is 17.0 Å². The molecule has 0 amide bonds. The zero-order chi connectivity index (χ0) is 15.6. The third kappa shape index (κ3) is 3.33. The van der Waals surface area contributed by atoms with E-state index in [4.69, 9.17) is 16.7 Å². The first kappa shape index (κ1) is 15.3. The van der Waals surface area contributed by atoms with Crippen LogP contribution < -0.4 is 0 Å². The molecule has 0 radical (unpaired) electrons. The Hall–Kier alpha value is -2.08. The van der Waals surface area contributed by atoms with Crippen molar-refractivity contribution in [2.75, 3.05) is 0 Å². The van der Waals surface area contributed by atoms with Gasteiger partial charge < -0.3 is 5.11 Å². The van der Waals surface area contributed by atoms with Gasteiger partial charge in [-0.15, -0.1) is 0 Å². The van der Waals surface area contributed by atoms with E-state index in [1.165, 1.54) is 30.6 Å². The molecule has 1 N–H and O–H groups in total. The maximum absolute atomic E-state index is 13.1. The summed E-state index contributed by atoms with van der Waals surface area (Å²) in [6, 6.07) is 4.90. The highest BCUT2D eigenvalue weighted by molar-refractivity contribution is 6.31. The number of rotatable bonds is 3. The van der Waals surface area contributed by atoms with Gasteiger partial charge in [-0.3, -0.25) is 9.78 Å². The van der Waals surface area contributed by atoms with Crippen LogP contribution in [-0.4, -0.2) is 16.1 Å². The molecule has 110 valence electrons. The summed E-state index contributed by atoms with van der Waals surface area (Å²) < 4.78 is 39.2. The Labute approximate surface area is 123 Å². The van der Waals surface area contributed by atoms with Crippen LogP contribution in [0.1, 0.15) is 11.1 Å². The lowest BCUT2D eigenvalue weighted by molar-refractivity contribution is -0.137. The minimum atomic E-state index is -4.56. The maximum atomic E-state index is 13.1. The summed E-state index contributed by atoms with van der Waals surface area (Å²) in [7, 11) is 0. The van der Waals surface area contributed by atoms with Crippen molar-refractivity contribution in [3.8, 4) is 11.1 Å². The molecule has 1 heterocycles. The van der Waals surface area contributed by atoms with Gasteiger partial charge in [-0.2, -0.15) is 13.2 Å². The Balaban J connectivity index is 2.68. The molecule has 7 heteroatoms. The SMILES string of the molecule is O=C(O)Cc1c(Cl)cncc1-c1ccccc1C(F)(F)F. The zero-order valence-electron chi connectivity index (χ0n) is 10.5. The molecule has 2 rings (SSSR count). The van der Waals surface area contributed by atoms with Gasteiger partial charge in [0.25, 0.3) is 0 Å². The molecule has 0 spiro atoms. The monoisotopic (exact) mass is 315 g/mol. The van der Waals surface area contributed by atoms with E-state index in [9.17, 15) is 18.0 Å². The summed E-state index contributed by atoms with van der Waals surface area (Å²) in [5.41, 5.74) is -0.828. The Kier molecular flexibility index (Phi) is 4.18. The van der Waals surface area contributed by atoms with E-state index < -0.39 is 24.1 Å². The van der Waals surface area contributed by atoms with E-state index in [1.807, 2.05) is 0 Å². The Morgan fingerprint density at radius 3 is 2.48 bits per heavy atom. The van der Waals surface area contributed by atoms with Gasteiger partial charge in [0.1, 0.15) is 0 Å². The fourth-order valence-electron chi connectivity index (χ4n) is 1.99. The van der Waals surface area contributed by atoms with E-state index in [1.54, 1.807) is 0 Å². The lowest BCUT2D eigenvalue weighted by Gasteiger charge is -2.15. The van der Waals surface area contributed by atoms with Crippen molar-refractivity contribution in [1.82, 2.24) is 4.98 Å². The molecule has 21 heavy (non-hydrogen) atoms. The highest BCUT2D eigenvalue weighted by atomic mass is 35.5. The second-order valence-corrected chi connectivity index (χ2v) is 4.67. The van der Waals surface area contributed by atoms with Crippen LogP contribution in [0.25, 0.3) is 11.1 Å². The molecule has 1 aromatic carbocycles. The van der Waals surface area contributed by atoms with Crippen molar-refractivity contribution >= 4 is 17.6 Å². The third-order valence-corrected chi connectivity index (χ3v) is 3.18. The molecule has 0 aliphatic carbocycles. The zero-order valence-corrected chi connectivity index (χ0v) is 11.2. The number of aliphatic carboxylic acids is 1. The van der Waals surface area contributed by atoms with Gasteiger partial charge in [0.15, 0.2) is 0 Å². The quantitative estimate of drug-likeness (QED) is 0.929. The minimum absolute atomic E-state index is 0.0203. The predicted molar refractivity (Wildman–Crippen MR) is 71.0 cm³/mol. The average molecular weight is 316 g/mol. The summed E-state index contributed by atoms with van der Waals surface area (Å²) in [4.78, 5) is 14.6. The number of carbonyl (C=O) groups is 1. The molecule has 3 nitrogen and oxygen atoms in total. The van der Waals surface area contributed by atoms with E-state index in [0.29, 0.717) is 0 Å². The van der Waals surface area contributed by atoms with Crippen LogP contribution >= 0.6 is 11.6 Å². The second kappa shape index (κ2) is 5.73. The van der Waals surface area contributed by atoms with Gasteiger partial charge in [0, 0.05) is 18.0 Å². The summed E-state index contributed by atoms with van der Waals surface area (Å²) >= 11 is 5.88. The van der Waals surface area contributed by atoms with Crippen LogP contribution in [-0.2, 0) is 17.4 Å². The number of nitrogens with zero attached hydrogens (tertiary/aromatic N) is 1. The number of carboxylic acid groups (broad SMARTS) is 1. The van der Waals surface area contributed by atoms with Crippen molar-refractivity contribution in [3.05, 3.63) is 52.8 Å². The van der Waals surface area contributed by atoms with Gasteiger partial charge in [-0.05, 0) is 17.2 Å². The largest absolute Gasteiger partial charge is 0.481 e. The molecule has 2 aromatic rings. The lowest BCUT2D eigenvalue weighted by Crippen LogP contribution is -2.09. The van der Waals surface area contributed by atoms with Gasteiger partial charge in [0.2, 0.25) is 0 Å². The molecule has 0 fully saturated rings. The molecule has 0 saturated carbocycles. The van der Waals surface area contributed by atoms with E-state index in [-0.39, 0.29) is 21.7 Å². The molecule has 0 aliphatic rings. The molecular weight excluding hydrogens is 307 g/mol. The summed E-state index contributed by atoms with van der Waals surface area (Å²) in [6.45, 7) is 0. The normalized spacial score (nSPS) is 11.4. The standard InChI is InChI=1S/C14H9ClF3NO2/c15-12-7-19-6-10(9(12)5-13(20)21)8-3-1-2-4-11(8)14(16,17)18/h1-4,6-7H,5H2,(H,20,21). The number of hydrogen-bond acceptors (Lipinski definition) is 2. The van der Waals surface area contributed by atoms with Crippen LogP contribution in [0.15, 0.2) is 36.7 Å². The molecular formula is C14H9ClF3NO2. The number of carboxylic acids is 1. The molecule has 0 unspecified atom stereocenters. The maximum Gasteiger partial charge on any atom is 0.417 e. The predicted octanol–water partition coefficient (Wildman–Crippen LogP) is 4.05. The van der Waals surface area contributed by atoms with Crippen LogP contribution in [0.5, 0.6) is 0 Å². The third-order valence-electron chi connectivity index (χ3n) is 2.86. The first-order valence-corrected chi connectivity index (χ1v) is 6.19. The smallest absolute Gasteiger partial charge is 0.417 e. The number of alkyl halides is 3. The fraction of sp³-hybridized carbons (Fsp3) is 0.143. The van der Waals surface area contributed by atoms with Gasteiger partial charge in [-0.1, -0.05) is 29.8 Å². The molecule has 0 aliphatic heterocycles. The van der Waals surface area contributed by atoms with Crippen molar-refractivity contribution < 1.29 is 23.1 Å². The van der Waals surface area contributed by atoms with Crippen molar-refractivity contribution in [1.29, 1.82) is 0 Å². The van der Waals surface area contributed by atoms with Gasteiger partial charge >= 0.3 is 12.1 Å². The van der Waals surface area contributed by atoms with E-state index >= 15 is 0 Å². The van der Waals surface area contributed by atoms with Crippen molar-refractivity contribution in [2.45, 2.75) is 12.6 Å². The fourth-order valence-corrected chi connectivity index (χ4v) is 2.21. The van der Waals surface area contributed by atoms with E-state index in [2.05, 4.69) is 4.98 Å². The minimum Gasteiger partial charge on any atom is -0.481 e. The van der Waals surface area contributed by atoms with Gasteiger partial charge in [-0.25, -0.2) is 0 Å². The topological polar surface area (TPSA) is 50.2 Å². The Morgan fingerprint density at radius 1 is 1.19 bits per heavy atom. The number of aromatic nitrogens is 1. The number of benzene rings is 1.